The van der Waals surface area contributed by atoms with Crippen LogP contribution in [0, 0.1) is 5.82 Å². The molecule has 2 nitrogen and oxygen atoms in total. The van der Waals surface area contributed by atoms with E-state index in [0.29, 0.717) is 11.6 Å². The Morgan fingerprint density at radius 3 is 2.81 bits per heavy atom. The Hall–Kier alpha value is -1.61. The molecule has 0 fully saturated rings. The minimum Gasteiger partial charge on any atom is -0.308 e. The largest absolute Gasteiger partial charge is 0.308 e. The van der Waals surface area contributed by atoms with E-state index in [1.807, 2.05) is 6.07 Å². The molecule has 82 valence electrons. The summed E-state index contributed by atoms with van der Waals surface area (Å²) in [5, 5.41) is 0.599. The van der Waals surface area contributed by atoms with Gasteiger partial charge in [0.1, 0.15) is 5.82 Å². The molecule has 0 amide bonds. The maximum absolute atomic E-state index is 12.9. The first-order valence-electron chi connectivity index (χ1n) is 4.75. The van der Waals surface area contributed by atoms with Gasteiger partial charge in [0.2, 0.25) is 0 Å². The Balaban J connectivity index is 2.34. The molecule has 1 heterocycles. The van der Waals surface area contributed by atoms with Gasteiger partial charge in [0.15, 0.2) is 0 Å². The summed E-state index contributed by atoms with van der Waals surface area (Å²) >= 11 is 5.82. The molecular weight excluding hydrogens is 229 g/mol. The average molecular weight is 238 g/mol. The highest BCUT2D eigenvalue weighted by Crippen LogP contribution is 2.11. The molecule has 0 aliphatic carbocycles. The van der Waals surface area contributed by atoms with Gasteiger partial charge in [0.25, 0.3) is 5.56 Å². The lowest BCUT2D eigenvalue weighted by atomic mass is 10.2. The molecule has 2 rings (SSSR count). The third kappa shape index (κ3) is 2.49. The molecule has 0 spiro atoms. The molecule has 0 atom stereocenters. The number of rotatable bonds is 2. The Kier molecular flexibility index (Phi) is 3.06. The molecule has 0 N–H and O–H groups in total. The lowest BCUT2D eigenvalue weighted by Crippen LogP contribution is -2.19. The summed E-state index contributed by atoms with van der Waals surface area (Å²) in [4.78, 5) is 11.4. The van der Waals surface area contributed by atoms with Crippen molar-refractivity contribution in [1.82, 2.24) is 4.57 Å². The van der Waals surface area contributed by atoms with Crippen molar-refractivity contribution in [2.75, 3.05) is 0 Å². The molecule has 1 aromatic carbocycles. The number of aromatic nitrogens is 1. The molecule has 0 saturated carbocycles. The van der Waals surface area contributed by atoms with Crippen molar-refractivity contribution in [3.8, 4) is 0 Å². The highest BCUT2D eigenvalue weighted by atomic mass is 35.5. The monoisotopic (exact) mass is 237 g/mol. The van der Waals surface area contributed by atoms with Crippen molar-refractivity contribution in [2.45, 2.75) is 6.54 Å². The van der Waals surface area contributed by atoms with Gasteiger partial charge in [0, 0.05) is 17.3 Å². The second kappa shape index (κ2) is 4.49. The van der Waals surface area contributed by atoms with E-state index in [2.05, 4.69) is 0 Å². The van der Waals surface area contributed by atoms with Gasteiger partial charge < -0.3 is 4.57 Å². The van der Waals surface area contributed by atoms with Crippen LogP contribution in [0.15, 0.2) is 47.4 Å². The van der Waals surface area contributed by atoms with Gasteiger partial charge in [0.05, 0.1) is 6.54 Å². The molecule has 16 heavy (non-hydrogen) atoms. The van der Waals surface area contributed by atoms with Gasteiger partial charge in [-0.25, -0.2) is 4.39 Å². The molecule has 0 unspecified atom stereocenters. The minimum absolute atomic E-state index is 0.235. The van der Waals surface area contributed by atoms with Gasteiger partial charge in [-0.3, -0.25) is 4.79 Å². The smallest absolute Gasteiger partial charge is 0.251 e. The first-order chi connectivity index (χ1) is 7.65. The van der Waals surface area contributed by atoms with Gasteiger partial charge in [-0.05, 0) is 23.8 Å². The summed E-state index contributed by atoms with van der Waals surface area (Å²) in [7, 11) is 0. The zero-order chi connectivity index (χ0) is 11.5. The maximum atomic E-state index is 12.9. The Labute approximate surface area is 96.9 Å². The highest BCUT2D eigenvalue weighted by Gasteiger charge is 2.00. The SMILES string of the molecule is O=c1ccc(F)cn1Cc1cccc(Cl)c1. The zero-order valence-electron chi connectivity index (χ0n) is 8.36. The number of hydrogen-bond acceptors (Lipinski definition) is 1. The van der Waals surface area contributed by atoms with Crippen LogP contribution in [0.2, 0.25) is 5.02 Å². The third-order valence-electron chi connectivity index (χ3n) is 2.19. The molecule has 2 aromatic rings. The summed E-state index contributed by atoms with van der Waals surface area (Å²) in [6.45, 7) is 0.317. The van der Waals surface area contributed by atoms with Crippen LogP contribution in [0.3, 0.4) is 0 Å². The molecule has 0 radical (unpaired) electrons. The highest BCUT2D eigenvalue weighted by molar-refractivity contribution is 6.30. The van der Waals surface area contributed by atoms with Gasteiger partial charge >= 0.3 is 0 Å². The van der Waals surface area contributed by atoms with E-state index in [9.17, 15) is 9.18 Å². The van der Waals surface area contributed by atoms with Crippen LogP contribution >= 0.6 is 11.6 Å². The van der Waals surface area contributed by atoms with Crippen molar-refractivity contribution < 1.29 is 4.39 Å². The fraction of sp³-hybridized carbons (Fsp3) is 0.0833. The second-order valence-electron chi connectivity index (χ2n) is 3.44. The Bertz CT molecular complexity index is 565. The average Bonchev–Trinajstić information content (AvgIpc) is 2.24. The van der Waals surface area contributed by atoms with E-state index in [-0.39, 0.29) is 5.56 Å². The van der Waals surface area contributed by atoms with E-state index in [0.717, 1.165) is 11.6 Å². The summed E-state index contributed by atoms with van der Waals surface area (Å²) < 4.78 is 14.2. The van der Waals surface area contributed by atoms with Crippen molar-refractivity contribution in [1.29, 1.82) is 0 Å². The van der Waals surface area contributed by atoms with Crippen LogP contribution in [0.1, 0.15) is 5.56 Å². The second-order valence-corrected chi connectivity index (χ2v) is 3.88. The van der Waals surface area contributed by atoms with Crippen LogP contribution in [-0.2, 0) is 6.54 Å². The standard InChI is InChI=1S/C12H9ClFNO/c13-10-3-1-2-9(6-10)7-15-8-11(14)4-5-12(15)16/h1-6,8H,7H2. The van der Waals surface area contributed by atoms with Crippen LogP contribution in [0.25, 0.3) is 0 Å². The Morgan fingerprint density at radius 2 is 2.06 bits per heavy atom. The quantitative estimate of drug-likeness (QED) is 0.787. The number of pyridine rings is 1. The van der Waals surface area contributed by atoms with Crippen molar-refractivity contribution in [3.63, 3.8) is 0 Å². The number of hydrogen-bond donors (Lipinski definition) is 0. The van der Waals surface area contributed by atoms with Crippen LogP contribution in [-0.4, -0.2) is 4.57 Å². The van der Waals surface area contributed by atoms with E-state index in [1.54, 1.807) is 18.2 Å². The van der Waals surface area contributed by atoms with E-state index >= 15 is 0 Å². The third-order valence-corrected chi connectivity index (χ3v) is 2.42. The lowest BCUT2D eigenvalue weighted by molar-refractivity contribution is 0.595. The number of nitrogens with zero attached hydrogens (tertiary/aromatic N) is 1. The topological polar surface area (TPSA) is 22.0 Å². The minimum atomic E-state index is -0.429. The fourth-order valence-electron chi connectivity index (χ4n) is 1.46. The molecule has 0 saturated heterocycles. The number of benzene rings is 1. The van der Waals surface area contributed by atoms with Crippen LogP contribution in [0.5, 0.6) is 0 Å². The first kappa shape index (κ1) is 10.9. The zero-order valence-corrected chi connectivity index (χ0v) is 9.12. The van der Waals surface area contributed by atoms with Crippen LogP contribution < -0.4 is 5.56 Å². The molecule has 0 aliphatic heterocycles. The molecule has 1 aromatic heterocycles. The van der Waals surface area contributed by atoms with Crippen molar-refractivity contribution >= 4 is 11.6 Å². The lowest BCUT2D eigenvalue weighted by Gasteiger charge is -2.05. The Morgan fingerprint density at radius 1 is 1.25 bits per heavy atom. The summed E-state index contributed by atoms with van der Waals surface area (Å²) in [5.41, 5.74) is 0.626. The first-order valence-corrected chi connectivity index (χ1v) is 5.13. The van der Waals surface area contributed by atoms with Crippen molar-refractivity contribution in [2.24, 2.45) is 0 Å². The van der Waals surface area contributed by atoms with E-state index in [1.165, 1.54) is 16.8 Å². The predicted molar refractivity (Wildman–Crippen MR) is 61.2 cm³/mol. The van der Waals surface area contributed by atoms with Crippen molar-refractivity contribution in [3.05, 3.63) is 69.4 Å². The van der Waals surface area contributed by atoms with E-state index < -0.39 is 5.82 Å². The molecular formula is C12H9ClFNO. The van der Waals surface area contributed by atoms with Crippen LogP contribution in [0.4, 0.5) is 4.39 Å². The summed E-state index contributed by atoms with van der Waals surface area (Å²) in [6.07, 6.45) is 1.18. The number of halogens is 2. The fourth-order valence-corrected chi connectivity index (χ4v) is 1.67. The van der Waals surface area contributed by atoms with Gasteiger partial charge in [-0.15, -0.1) is 0 Å². The van der Waals surface area contributed by atoms with Gasteiger partial charge in [-0.1, -0.05) is 23.7 Å². The van der Waals surface area contributed by atoms with Gasteiger partial charge in [-0.2, -0.15) is 0 Å². The maximum Gasteiger partial charge on any atom is 0.251 e. The molecule has 4 heteroatoms. The summed E-state index contributed by atoms with van der Waals surface area (Å²) in [5.74, 6) is -0.429. The predicted octanol–water partition coefficient (Wildman–Crippen LogP) is 2.69. The van der Waals surface area contributed by atoms with E-state index in [4.69, 9.17) is 11.6 Å². The molecule has 0 aliphatic rings. The summed E-state index contributed by atoms with van der Waals surface area (Å²) in [6, 6.07) is 9.49. The normalized spacial score (nSPS) is 10.4. The molecule has 0 bridgehead atoms.